The third kappa shape index (κ3) is 3.35. The lowest BCUT2D eigenvalue weighted by Crippen LogP contribution is -2.54. The first-order valence-electron chi connectivity index (χ1n) is 6.65. The summed E-state index contributed by atoms with van der Waals surface area (Å²) in [6, 6.07) is 0.442. The van der Waals surface area contributed by atoms with Crippen molar-refractivity contribution in [1.82, 2.24) is 15.1 Å². The molecule has 6 nitrogen and oxygen atoms in total. The summed E-state index contributed by atoms with van der Waals surface area (Å²) in [5.74, 6) is -1.01. The van der Waals surface area contributed by atoms with Gasteiger partial charge in [0.2, 0.25) is 0 Å². The van der Waals surface area contributed by atoms with Crippen molar-refractivity contribution in [2.75, 3.05) is 32.7 Å². The first-order valence-corrected chi connectivity index (χ1v) is 6.65. The molecule has 0 aromatic rings. The highest BCUT2D eigenvalue weighted by atomic mass is 16.4. The van der Waals surface area contributed by atoms with Crippen LogP contribution in [-0.2, 0) is 4.79 Å². The second kappa shape index (κ2) is 6.04. The number of carbonyl (C=O) groups excluding carboxylic acids is 1. The molecule has 0 atom stereocenters. The quantitative estimate of drug-likeness (QED) is 0.763. The Bertz CT molecular complexity index is 308. The van der Waals surface area contributed by atoms with Crippen molar-refractivity contribution >= 4 is 12.0 Å². The van der Waals surface area contributed by atoms with Crippen LogP contribution < -0.4 is 5.32 Å². The predicted octanol–water partition coefficient (Wildman–Crippen LogP) is 0.341. The van der Waals surface area contributed by atoms with Crippen molar-refractivity contribution in [1.29, 1.82) is 0 Å². The van der Waals surface area contributed by atoms with Crippen molar-refractivity contribution in [2.45, 2.75) is 31.7 Å². The van der Waals surface area contributed by atoms with Gasteiger partial charge in [0.15, 0.2) is 0 Å². The summed E-state index contributed by atoms with van der Waals surface area (Å²) in [7, 11) is 0. The number of carbonyl (C=O) groups is 2. The largest absolute Gasteiger partial charge is 0.480 e. The SMILES string of the molecule is O=C(O)CNC(=O)N1CCN(C2CCCC2)CC1. The first kappa shape index (κ1) is 13.1. The molecule has 0 unspecified atom stereocenters. The van der Waals surface area contributed by atoms with Gasteiger partial charge in [-0.25, -0.2) is 4.79 Å². The number of aliphatic carboxylic acids is 1. The Kier molecular flexibility index (Phi) is 4.41. The van der Waals surface area contributed by atoms with Gasteiger partial charge in [-0.05, 0) is 12.8 Å². The van der Waals surface area contributed by atoms with Crippen molar-refractivity contribution in [3.63, 3.8) is 0 Å². The highest BCUT2D eigenvalue weighted by Crippen LogP contribution is 2.24. The van der Waals surface area contributed by atoms with Gasteiger partial charge in [-0.1, -0.05) is 12.8 Å². The van der Waals surface area contributed by atoms with Gasteiger partial charge in [-0.15, -0.1) is 0 Å². The molecule has 2 N–H and O–H groups in total. The van der Waals surface area contributed by atoms with E-state index in [1.165, 1.54) is 25.7 Å². The fourth-order valence-electron chi connectivity index (χ4n) is 2.82. The number of hydrogen-bond donors (Lipinski definition) is 2. The van der Waals surface area contributed by atoms with Gasteiger partial charge in [0.25, 0.3) is 0 Å². The molecule has 1 aliphatic heterocycles. The van der Waals surface area contributed by atoms with Crippen LogP contribution in [0, 0.1) is 0 Å². The first-order chi connectivity index (χ1) is 8.66. The molecule has 1 saturated carbocycles. The maximum atomic E-state index is 11.7. The number of nitrogens with one attached hydrogen (secondary N) is 1. The summed E-state index contributed by atoms with van der Waals surface area (Å²) in [6.07, 6.45) is 5.21. The Hall–Kier alpha value is -1.30. The van der Waals surface area contributed by atoms with Crippen LogP contribution in [-0.4, -0.2) is 65.7 Å². The number of hydrogen-bond acceptors (Lipinski definition) is 3. The third-order valence-corrected chi connectivity index (χ3v) is 3.83. The minimum atomic E-state index is -1.01. The van der Waals surface area contributed by atoms with E-state index in [1.807, 2.05) is 0 Å². The van der Waals surface area contributed by atoms with Gasteiger partial charge in [0, 0.05) is 32.2 Å². The fraction of sp³-hybridized carbons (Fsp3) is 0.833. The number of carboxylic acid groups (broad SMARTS) is 1. The molecule has 2 amide bonds. The van der Waals surface area contributed by atoms with Gasteiger partial charge in [0.05, 0.1) is 0 Å². The van der Waals surface area contributed by atoms with Crippen LogP contribution >= 0.6 is 0 Å². The van der Waals surface area contributed by atoms with E-state index in [-0.39, 0.29) is 12.6 Å². The smallest absolute Gasteiger partial charge is 0.323 e. The number of rotatable bonds is 3. The van der Waals surface area contributed by atoms with E-state index >= 15 is 0 Å². The van der Waals surface area contributed by atoms with Gasteiger partial charge >= 0.3 is 12.0 Å². The summed E-state index contributed by atoms with van der Waals surface area (Å²) in [6.45, 7) is 2.90. The van der Waals surface area contributed by atoms with Crippen molar-refractivity contribution < 1.29 is 14.7 Å². The zero-order valence-electron chi connectivity index (χ0n) is 10.6. The second-order valence-corrected chi connectivity index (χ2v) is 5.01. The molecule has 2 rings (SSSR count). The molecule has 1 heterocycles. The summed E-state index contributed by atoms with van der Waals surface area (Å²) in [4.78, 5) is 26.2. The average molecular weight is 255 g/mol. The molecule has 0 aromatic heterocycles. The molecule has 0 spiro atoms. The lowest BCUT2D eigenvalue weighted by Gasteiger charge is -2.37. The van der Waals surface area contributed by atoms with E-state index in [4.69, 9.17) is 5.11 Å². The fourth-order valence-corrected chi connectivity index (χ4v) is 2.82. The normalized spacial score (nSPS) is 22.1. The molecule has 6 heteroatoms. The van der Waals surface area contributed by atoms with Gasteiger partial charge in [-0.2, -0.15) is 0 Å². The maximum Gasteiger partial charge on any atom is 0.323 e. The van der Waals surface area contributed by atoms with E-state index in [0.29, 0.717) is 19.1 Å². The monoisotopic (exact) mass is 255 g/mol. The molecular weight excluding hydrogens is 234 g/mol. The highest BCUT2D eigenvalue weighted by molar-refractivity contribution is 5.80. The number of carboxylic acids is 1. The Balaban J connectivity index is 1.72. The lowest BCUT2D eigenvalue weighted by atomic mass is 10.2. The predicted molar refractivity (Wildman–Crippen MR) is 66.4 cm³/mol. The van der Waals surface area contributed by atoms with Crippen LogP contribution in [0.1, 0.15) is 25.7 Å². The standard InChI is InChI=1S/C12H21N3O3/c16-11(17)9-13-12(18)15-7-5-14(6-8-15)10-3-1-2-4-10/h10H,1-9H2,(H,13,18)(H,16,17). The summed E-state index contributed by atoms with van der Waals surface area (Å²) >= 11 is 0. The molecule has 0 aromatic carbocycles. The summed E-state index contributed by atoms with van der Waals surface area (Å²) < 4.78 is 0. The molecule has 2 fully saturated rings. The lowest BCUT2D eigenvalue weighted by molar-refractivity contribution is -0.135. The van der Waals surface area contributed by atoms with Crippen molar-refractivity contribution in [2.24, 2.45) is 0 Å². The molecule has 102 valence electrons. The molecular formula is C12H21N3O3. The average Bonchev–Trinajstić information content (AvgIpc) is 2.90. The van der Waals surface area contributed by atoms with E-state index in [2.05, 4.69) is 10.2 Å². The van der Waals surface area contributed by atoms with E-state index in [0.717, 1.165) is 13.1 Å². The molecule has 0 radical (unpaired) electrons. The van der Waals surface area contributed by atoms with Crippen LogP contribution in [0.2, 0.25) is 0 Å². The number of piperazine rings is 1. The summed E-state index contributed by atoms with van der Waals surface area (Å²) in [5, 5.41) is 10.9. The zero-order valence-corrected chi connectivity index (χ0v) is 10.6. The van der Waals surface area contributed by atoms with Gasteiger partial charge in [0.1, 0.15) is 6.54 Å². The van der Waals surface area contributed by atoms with Gasteiger partial charge < -0.3 is 15.3 Å². The molecule has 1 aliphatic carbocycles. The third-order valence-electron chi connectivity index (χ3n) is 3.83. The van der Waals surface area contributed by atoms with E-state index in [1.54, 1.807) is 4.90 Å². The van der Waals surface area contributed by atoms with Crippen molar-refractivity contribution in [3.8, 4) is 0 Å². The Morgan fingerprint density at radius 2 is 1.72 bits per heavy atom. The van der Waals surface area contributed by atoms with Crippen LogP contribution in [0.15, 0.2) is 0 Å². The topological polar surface area (TPSA) is 72.9 Å². The molecule has 18 heavy (non-hydrogen) atoms. The van der Waals surface area contributed by atoms with Crippen LogP contribution in [0.5, 0.6) is 0 Å². The number of nitrogens with zero attached hydrogens (tertiary/aromatic N) is 2. The van der Waals surface area contributed by atoms with Gasteiger partial charge in [-0.3, -0.25) is 9.69 Å². The molecule has 0 bridgehead atoms. The minimum Gasteiger partial charge on any atom is -0.480 e. The Morgan fingerprint density at radius 1 is 1.11 bits per heavy atom. The van der Waals surface area contributed by atoms with E-state index in [9.17, 15) is 9.59 Å². The maximum absolute atomic E-state index is 11.7. The Labute approximate surface area is 107 Å². The van der Waals surface area contributed by atoms with E-state index < -0.39 is 5.97 Å². The molecule has 1 saturated heterocycles. The number of urea groups is 1. The highest BCUT2D eigenvalue weighted by Gasteiger charge is 2.27. The van der Waals surface area contributed by atoms with Crippen LogP contribution in [0.4, 0.5) is 4.79 Å². The zero-order chi connectivity index (χ0) is 13.0. The Morgan fingerprint density at radius 3 is 2.28 bits per heavy atom. The van der Waals surface area contributed by atoms with Crippen molar-refractivity contribution in [3.05, 3.63) is 0 Å². The minimum absolute atomic E-state index is 0.261. The number of amides is 2. The second-order valence-electron chi connectivity index (χ2n) is 5.01. The molecule has 2 aliphatic rings. The summed E-state index contributed by atoms with van der Waals surface area (Å²) in [5.41, 5.74) is 0. The van der Waals surface area contributed by atoms with Crippen LogP contribution in [0.25, 0.3) is 0 Å². The van der Waals surface area contributed by atoms with Crippen LogP contribution in [0.3, 0.4) is 0 Å².